The maximum absolute atomic E-state index is 12.4. The third-order valence-corrected chi connectivity index (χ3v) is 7.36. The van der Waals surface area contributed by atoms with Crippen LogP contribution in [0.25, 0.3) is 5.57 Å². The monoisotopic (exact) mass is 532 g/mol. The van der Waals surface area contributed by atoms with Gasteiger partial charge >= 0.3 is 0 Å². The van der Waals surface area contributed by atoms with Crippen molar-refractivity contribution in [2.45, 2.75) is 37.5 Å². The van der Waals surface area contributed by atoms with Crippen molar-refractivity contribution in [3.8, 4) is 5.75 Å². The van der Waals surface area contributed by atoms with Gasteiger partial charge in [0.15, 0.2) is 0 Å². The highest BCUT2D eigenvalue weighted by Crippen LogP contribution is 2.39. The maximum Gasteiger partial charge on any atom is 0.298 e. The van der Waals surface area contributed by atoms with E-state index in [9.17, 15) is 31.0 Å². The molecule has 2 aromatic carbocycles. The summed E-state index contributed by atoms with van der Waals surface area (Å²) in [4.78, 5) is 2.60. The van der Waals surface area contributed by atoms with Gasteiger partial charge in [0.1, 0.15) is 15.5 Å². The first kappa shape index (κ1) is 27.3. The van der Waals surface area contributed by atoms with Crippen LogP contribution in [0.5, 0.6) is 5.75 Å². The average Bonchev–Trinajstić information content (AvgIpc) is 2.76. The lowest BCUT2D eigenvalue weighted by molar-refractivity contribution is 0.441. The number of hydrogen-bond donors (Lipinski definition) is 4. The second-order valence-corrected chi connectivity index (χ2v) is 11.0. The first-order valence-corrected chi connectivity index (χ1v) is 14.0. The SMILES string of the molecule is CCN=C1C=C/C(=C(/c2ccc(NCC)c(C)c2)c2cc(O)c(S(=O)(=O)O)cc2S(=O)(=O)O)C=C1C. The highest BCUT2D eigenvalue weighted by atomic mass is 32.2. The van der Waals surface area contributed by atoms with Crippen LogP contribution >= 0.6 is 0 Å². The molecule has 36 heavy (non-hydrogen) atoms. The minimum Gasteiger partial charge on any atom is -0.506 e. The predicted octanol–water partition coefficient (Wildman–Crippen LogP) is 4.40. The number of aryl methyl sites for hydroxylation is 1. The Labute approximate surface area is 211 Å². The molecule has 0 fully saturated rings. The highest BCUT2D eigenvalue weighted by Gasteiger charge is 2.28. The first-order valence-electron chi connectivity index (χ1n) is 11.1. The summed E-state index contributed by atoms with van der Waals surface area (Å²) in [6.45, 7) is 8.83. The Bertz CT molecular complexity index is 1550. The Morgan fingerprint density at radius 3 is 2.14 bits per heavy atom. The second-order valence-electron chi connectivity index (χ2n) is 8.18. The fraction of sp³-hybridized carbons (Fsp3) is 0.240. The predicted molar refractivity (Wildman–Crippen MR) is 140 cm³/mol. The van der Waals surface area contributed by atoms with E-state index in [1.807, 2.05) is 39.8 Å². The first-order chi connectivity index (χ1) is 16.8. The molecule has 0 atom stereocenters. The molecule has 0 amide bonds. The summed E-state index contributed by atoms with van der Waals surface area (Å²) in [6.07, 6.45) is 5.29. The molecular formula is C25H28N2O7S2. The van der Waals surface area contributed by atoms with Gasteiger partial charge < -0.3 is 10.4 Å². The summed E-state index contributed by atoms with van der Waals surface area (Å²) in [7, 11) is -9.97. The van der Waals surface area contributed by atoms with Crippen LogP contribution in [0.15, 0.2) is 74.5 Å². The molecule has 1 aliphatic rings. The number of aliphatic imine (C=N–C) groups is 1. The van der Waals surface area contributed by atoms with E-state index in [1.165, 1.54) is 0 Å². The fourth-order valence-corrected chi connectivity index (χ4v) is 5.38. The standard InChI is InChI=1S/C25H28N2O7S2/c1-5-26-20-9-7-17(11-15(20)3)25(18-8-10-21(27-6-2)16(4)12-18)19-13-22(28)24(36(32,33)34)14-23(19)35(29,30)31/h7-14,26,28H,5-6H2,1-4H3,(H,29,30,31)(H,32,33,34)/b25-18+,27-21?. The number of phenolic OH excluding ortho intramolecular Hbond substituents is 1. The zero-order chi connectivity index (χ0) is 26.8. The minimum atomic E-state index is -4.99. The molecule has 0 unspecified atom stereocenters. The lowest BCUT2D eigenvalue weighted by atomic mass is 9.88. The summed E-state index contributed by atoms with van der Waals surface area (Å²) in [5.41, 5.74) is 4.55. The molecule has 9 nitrogen and oxygen atoms in total. The molecule has 3 rings (SSSR count). The van der Waals surface area contributed by atoms with Crippen molar-refractivity contribution in [1.29, 1.82) is 0 Å². The number of nitrogens with zero attached hydrogens (tertiary/aromatic N) is 1. The molecule has 4 N–H and O–H groups in total. The van der Waals surface area contributed by atoms with E-state index >= 15 is 0 Å². The van der Waals surface area contributed by atoms with Crippen molar-refractivity contribution < 1.29 is 31.0 Å². The molecule has 11 heteroatoms. The Hall–Kier alpha value is -3.25. The van der Waals surface area contributed by atoms with Crippen LogP contribution in [0.1, 0.15) is 37.5 Å². The normalized spacial score (nSPS) is 16.7. The van der Waals surface area contributed by atoms with Gasteiger partial charge in [-0.1, -0.05) is 12.1 Å². The molecule has 192 valence electrons. The largest absolute Gasteiger partial charge is 0.506 e. The van der Waals surface area contributed by atoms with Gasteiger partial charge in [0, 0.05) is 24.3 Å². The quantitative estimate of drug-likeness (QED) is 0.383. The Morgan fingerprint density at radius 2 is 1.61 bits per heavy atom. The van der Waals surface area contributed by atoms with Crippen LogP contribution < -0.4 is 5.32 Å². The van der Waals surface area contributed by atoms with Crippen LogP contribution in [0.3, 0.4) is 0 Å². The number of aromatic hydroxyl groups is 1. The number of allylic oxidation sites excluding steroid dienone is 5. The maximum atomic E-state index is 12.4. The molecule has 2 aromatic rings. The summed E-state index contributed by atoms with van der Waals surface area (Å²) in [5.74, 6) is -0.868. The number of nitrogens with one attached hydrogen (secondary N) is 1. The van der Waals surface area contributed by atoms with Crippen LogP contribution in [0.2, 0.25) is 0 Å². The number of rotatable bonds is 7. The topological polar surface area (TPSA) is 153 Å². The molecular weight excluding hydrogens is 504 g/mol. The zero-order valence-electron chi connectivity index (χ0n) is 20.3. The molecule has 0 bridgehead atoms. The summed E-state index contributed by atoms with van der Waals surface area (Å²) >= 11 is 0. The summed E-state index contributed by atoms with van der Waals surface area (Å²) in [6, 6.07) is 6.84. The fourth-order valence-electron chi connectivity index (χ4n) is 4.01. The smallest absolute Gasteiger partial charge is 0.298 e. The highest BCUT2D eigenvalue weighted by molar-refractivity contribution is 7.86. The van der Waals surface area contributed by atoms with Crippen LogP contribution in [-0.4, -0.2) is 49.8 Å². The van der Waals surface area contributed by atoms with Gasteiger partial charge in [0.25, 0.3) is 20.2 Å². The van der Waals surface area contributed by atoms with E-state index < -0.39 is 35.8 Å². The van der Waals surface area contributed by atoms with E-state index in [0.29, 0.717) is 35.9 Å². The van der Waals surface area contributed by atoms with Crippen molar-refractivity contribution >= 4 is 37.2 Å². The van der Waals surface area contributed by atoms with Gasteiger partial charge in [-0.05, 0) is 92.0 Å². The van der Waals surface area contributed by atoms with E-state index in [-0.39, 0.29) is 5.56 Å². The lowest BCUT2D eigenvalue weighted by Gasteiger charge is -2.20. The van der Waals surface area contributed by atoms with Gasteiger partial charge in [0.05, 0.1) is 5.71 Å². The molecule has 0 saturated carbocycles. The van der Waals surface area contributed by atoms with E-state index in [1.54, 1.807) is 24.3 Å². The number of anilines is 1. The molecule has 0 radical (unpaired) electrons. The van der Waals surface area contributed by atoms with Crippen LogP contribution in [0.4, 0.5) is 5.69 Å². The van der Waals surface area contributed by atoms with Crippen molar-refractivity contribution in [2.24, 2.45) is 4.99 Å². The van der Waals surface area contributed by atoms with Crippen molar-refractivity contribution in [2.75, 3.05) is 18.4 Å². The molecule has 1 aliphatic carbocycles. The van der Waals surface area contributed by atoms with Crippen molar-refractivity contribution in [1.82, 2.24) is 0 Å². The minimum absolute atomic E-state index is 0.141. The van der Waals surface area contributed by atoms with Crippen molar-refractivity contribution in [3.05, 3.63) is 76.4 Å². The van der Waals surface area contributed by atoms with Gasteiger partial charge in [-0.3, -0.25) is 14.1 Å². The van der Waals surface area contributed by atoms with Gasteiger partial charge in [-0.2, -0.15) is 16.8 Å². The van der Waals surface area contributed by atoms with Crippen LogP contribution in [-0.2, 0) is 20.2 Å². The summed E-state index contributed by atoms with van der Waals surface area (Å²) in [5, 5.41) is 13.7. The molecule has 0 heterocycles. The Balaban J connectivity index is 2.46. The van der Waals surface area contributed by atoms with Crippen molar-refractivity contribution in [3.63, 3.8) is 0 Å². The van der Waals surface area contributed by atoms with Gasteiger partial charge in [-0.25, -0.2) is 0 Å². The second kappa shape index (κ2) is 10.4. The molecule has 0 spiro atoms. The van der Waals surface area contributed by atoms with Crippen LogP contribution in [0, 0.1) is 6.92 Å². The summed E-state index contributed by atoms with van der Waals surface area (Å²) < 4.78 is 67.7. The third kappa shape index (κ3) is 5.76. The van der Waals surface area contributed by atoms with E-state index in [4.69, 9.17) is 0 Å². The number of benzene rings is 2. The average molecular weight is 533 g/mol. The molecule has 0 aliphatic heterocycles. The van der Waals surface area contributed by atoms with E-state index in [2.05, 4.69) is 10.3 Å². The number of hydrogen-bond acceptors (Lipinski definition) is 7. The van der Waals surface area contributed by atoms with Gasteiger partial charge in [0.2, 0.25) is 0 Å². The number of phenols is 1. The molecule has 0 saturated heterocycles. The Morgan fingerprint density at radius 1 is 0.944 bits per heavy atom. The third-order valence-electron chi connectivity index (χ3n) is 5.58. The zero-order valence-corrected chi connectivity index (χ0v) is 21.9. The Kier molecular flexibility index (Phi) is 7.89. The van der Waals surface area contributed by atoms with Gasteiger partial charge in [-0.15, -0.1) is 0 Å². The molecule has 0 aromatic heterocycles. The van der Waals surface area contributed by atoms with E-state index in [0.717, 1.165) is 28.6 Å². The lowest BCUT2D eigenvalue weighted by Crippen LogP contribution is -2.10.